The van der Waals surface area contributed by atoms with Gasteiger partial charge in [0.05, 0.1) is 33.4 Å². The number of carboxylic acid groups (broad SMARTS) is 2. The van der Waals surface area contributed by atoms with Gasteiger partial charge in [-0.05, 0) is 24.3 Å². The minimum absolute atomic E-state index is 0.392. The number of carboxylic acids is 2. The van der Waals surface area contributed by atoms with Gasteiger partial charge in [-0.3, -0.25) is 38.4 Å². The molecule has 0 bridgehead atoms. The third-order valence-corrected chi connectivity index (χ3v) is 8.21. The van der Waals surface area contributed by atoms with Gasteiger partial charge in [0.25, 0.3) is 0 Å². The van der Waals surface area contributed by atoms with Crippen molar-refractivity contribution in [2.45, 2.75) is 27.7 Å². The van der Waals surface area contributed by atoms with Crippen molar-refractivity contribution >= 4 is 58.9 Å². The molecule has 0 atom stereocenters. The molecule has 0 saturated heterocycles. The molecule has 16 heteroatoms. The number of benzene rings is 4. The Hall–Kier alpha value is -7.62. The number of hydrogen-bond acceptors (Lipinski definition) is 14. The van der Waals surface area contributed by atoms with E-state index in [0.29, 0.717) is 12.1 Å². The quantitative estimate of drug-likeness (QED) is 0.174. The number of ketones is 4. The predicted molar refractivity (Wildman–Crippen MR) is 178 cm³/mol. The molecule has 0 aromatic heterocycles. The van der Waals surface area contributed by atoms with Crippen LogP contribution >= 0.6 is 0 Å². The number of ether oxygens (including phenoxy) is 4. The van der Waals surface area contributed by atoms with Crippen molar-refractivity contribution in [3.05, 3.63) is 104 Å². The Balaban J connectivity index is 1.84. The number of carbonyl (C=O) groups is 10. The molecule has 2 aliphatic rings. The zero-order chi connectivity index (χ0) is 39.5. The molecule has 0 fully saturated rings. The lowest BCUT2D eigenvalue weighted by Crippen LogP contribution is -2.29. The average Bonchev–Trinajstić information content (AvgIpc) is 3.07. The Morgan fingerprint density at radius 3 is 1.02 bits per heavy atom. The zero-order valence-electron chi connectivity index (χ0n) is 28.2. The van der Waals surface area contributed by atoms with Crippen molar-refractivity contribution < 1.29 is 77.1 Å². The Bertz CT molecular complexity index is 2360. The number of rotatable bonds is 7. The lowest BCUT2D eigenvalue weighted by molar-refractivity contribution is -0.132. The maximum absolute atomic E-state index is 14.6. The summed E-state index contributed by atoms with van der Waals surface area (Å²) in [5.74, 6) is -14.6. The van der Waals surface area contributed by atoms with E-state index in [2.05, 4.69) is 0 Å². The van der Waals surface area contributed by atoms with E-state index in [9.17, 15) is 58.2 Å². The molecule has 0 spiro atoms. The van der Waals surface area contributed by atoms with Crippen LogP contribution in [0.25, 0.3) is 11.1 Å². The largest absolute Gasteiger partial charge is 0.478 e. The second kappa shape index (κ2) is 13.2. The van der Waals surface area contributed by atoms with Crippen LogP contribution in [0.15, 0.2) is 48.5 Å². The fourth-order valence-electron chi connectivity index (χ4n) is 6.46. The van der Waals surface area contributed by atoms with Gasteiger partial charge in [-0.15, -0.1) is 0 Å². The van der Waals surface area contributed by atoms with Crippen LogP contribution in [0, 0.1) is 0 Å². The van der Waals surface area contributed by atoms with Crippen molar-refractivity contribution in [1.29, 1.82) is 0 Å². The lowest BCUT2D eigenvalue weighted by Gasteiger charge is -2.28. The van der Waals surface area contributed by atoms with Crippen molar-refractivity contribution in [2.24, 2.45) is 0 Å². The molecule has 6 rings (SSSR count). The molecule has 270 valence electrons. The number of esters is 4. The van der Waals surface area contributed by atoms with Crippen LogP contribution in [0.1, 0.15) is 112 Å². The number of hydrogen-bond donors (Lipinski definition) is 2. The maximum Gasteiger partial charge on any atom is 0.336 e. The molecular formula is C38H22O16. The van der Waals surface area contributed by atoms with E-state index >= 15 is 0 Å². The molecular weight excluding hydrogens is 712 g/mol. The SMILES string of the molecule is CC(=O)Oc1cccc2c1C(=O)c1c(OC(C)=O)cc(C(=O)O)c(-c3c(C(=O)O)cc(OC(C)=O)c4c3C(=O)c3cccc(OC(C)=O)c3C4=O)c1C2=O. The van der Waals surface area contributed by atoms with Gasteiger partial charge in [-0.25, -0.2) is 9.59 Å². The summed E-state index contributed by atoms with van der Waals surface area (Å²) in [6, 6.07) is 8.42. The van der Waals surface area contributed by atoms with E-state index in [-0.39, 0.29) is 0 Å². The van der Waals surface area contributed by atoms with E-state index in [1.165, 1.54) is 24.3 Å². The van der Waals surface area contributed by atoms with E-state index < -0.39 is 149 Å². The van der Waals surface area contributed by atoms with Gasteiger partial charge in [-0.1, -0.05) is 24.3 Å². The Morgan fingerprint density at radius 1 is 0.407 bits per heavy atom. The minimum Gasteiger partial charge on any atom is -0.478 e. The summed E-state index contributed by atoms with van der Waals surface area (Å²) in [5, 5.41) is 21.1. The molecule has 2 N–H and O–H groups in total. The summed E-state index contributed by atoms with van der Waals surface area (Å²) in [5.41, 5.74) is -8.79. The molecule has 0 aliphatic heterocycles. The van der Waals surface area contributed by atoms with Gasteiger partial charge in [0.15, 0.2) is 11.6 Å². The first-order valence-electron chi connectivity index (χ1n) is 15.5. The van der Waals surface area contributed by atoms with E-state index in [1.807, 2.05) is 0 Å². The highest BCUT2D eigenvalue weighted by Gasteiger charge is 2.45. The zero-order valence-corrected chi connectivity index (χ0v) is 28.2. The highest BCUT2D eigenvalue weighted by Crippen LogP contribution is 2.49. The highest BCUT2D eigenvalue weighted by molar-refractivity contribution is 6.37. The standard InChI is InChI=1S/C38H22O16/c1-13(39)51-21-9-5-7-17-25(21)35(45)29-23(53-15(3)41)11-19(37(47)48)27(31(29)33(17)43)28-20(38(49)50)12-24(54-16(4)42)30-32(28)34(44)18-8-6-10-22(52-14(2)40)26(18)36(30)46/h5-12H,1-4H3,(H,47,48)(H,49,50). The number of carbonyl (C=O) groups excluding carboxylic acids is 8. The molecule has 0 amide bonds. The summed E-state index contributed by atoms with van der Waals surface area (Å²) < 4.78 is 20.7. The second-order valence-corrected chi connectivity index (χ2v) is 11.8. The molecule has 4 aromatic carbocycles. The van der Waals surface area contributed by atoms with Crippen LogP contribution in [0.3, 0.4) is 0 Å². The molecule has 0 radical (unpaired) electrons. The van der Waals surface area contributed by atoms with Gasteiger partial charge in [0.2, 0.25) is 11.6 Å². The molecule has 0 unspecified atom stereocenters. The van der Waals surface area contributed by atoms with Gasteiger partial charge in [0, 0.05) is 61.1 Å². The first-order chi connectivity index (χ1) is 25.4. The Morgan fingerprint density at radius 2 is 0.722 bits per heavy atom. The van der Waals surface area contributed by atoms with Crippen LogP contribution in [0.4, 0.5) is 0 Å². The van der Waals surface area contributed by atoms with Gasteiger partial charge in [-0.2, -0.15) is 0 Å². The molecule has 54 heavy (non-hydrogen) atoms. The maximum atomic E-state index is 14.6. The van der Waals surface area contributed by atoms with E-state index in [0.717, 1.165) is 39.8 Å². The predicted octanol–water partition coefficient (Wildman–Crippen LogP) is 4.00. The minimum atomic E-state index is -1.87. The lowest BCUT2D eigenvalue weighted by atomic mass is 9.73. The first-order valence-corrected chi connectivity index (χ1v) is 15.5. The highest BCUT2D eigenvalue weighted by atomic mass is 16.5. The fourth-order valence-corrected chi connectivity index (χ4v) is 6.46. The topological polar surface area (TPSA) is 248 Å². The number of aromatic carboxylic acids is 2. The summed E-state index contributed by atoms with van der Waals surface area (Å²) in [6.45, 7) is 3.86. The van der Waals surface area contributed by atoms with Crippen molar-refractivity contribution in [1.82, 2.24) is 0 Å². The van der Waals surface area contributed by atoms with Crippen LogP contribution in [0.5, 0.6) is 23.0 Å². The molecule has 0 saturated carbocycles. The Labute approximate surface area is 301 Å². The van der Waals surface area contributed by atoms with Crippen LogP contribution in [0.2, 0.25) is 0 Å². The first kappa shape index (κ1) is 36.2. The number of fused-ring (bicyclic) bond motifs is 4. The normalized spacial score (nSPS) is 12.4. The smallest absolute Gasteiger partial charge is 0.336 e. The molecule has 16 nitrogen and oxygen atoms in total. The summed E-state index contributed by atoms with van der Waals surface area (Å²) in [4.78, 5) is 133. The summed E-state index contributed by atoms with van der Waals surface area (Å²) in [6.07, 6.45) is 0. The summed E-state index contributed by atoms with van der Waals surface area (Å²) in [7, 11) is 0. The molecule has 0 heterocycles. The van der Waals surface area contributed by atoms with Gasteiger partial charge >= 0.3 is 35.8 Å². The monoisotopic (exact) mass is 734 g/mol. The van der Waals surface area contributed by atoms with E-state index in [1.54, 1.807) is 0 Å². The molecule has 2 aliphatic carbocycles. The van der Waals surface area contributed by atoms with Gasteiger partial charge in [0.1, 0.15) is 23.0 Å². The molecule has 4 aromatic rings. The third-order valence-electron chi connectivity index (χ3n) is 8.21. The Kier molecular flexibility index (Phi) is 8.82. The van der Waals surface area contributed by atoms with E-state index in [4.69, 9.17) is 18.9 Å². The van der Waals surface area contributed by atoms with Crippen molar-refractivity contribution in [3.8, 4) is 34.1 Å². The van der Waals surface area contributed by atoms with Crippen LogP contribution < -0.4 is 18.9 Å². The summed E-state index contributed by atoms with van der Waals surface area (Å²) >= 11 is 0. The van der Waals surface area contributed by atoms with Crippen molar-refractivity contribution in [2.75, 3.05) is 0 Å². The van der Waals surface area contributed by atoms with Crippen LogP contribution in [-0.2, 0) is 19.2 Å². The van der Waals surface area contributed by atoms with Gasteiger partial charge < -0.3 is 29.2 Å². The fraction of sp³-hybridized carbons (Fsp3) is 0.105. The van der Waals surface area contributed by atoms with Crippen LogP contribution in [-0.4, -0.2) is 69.2 Å². The third kappa shape index (κ3) is 5.76. The van der Waals surface area contributed by atoms with Crippen molar-refractivity contribution in [3.63, 3.8) is 0 Å². The average molecular weight is 735 g/mol. The second-order valence-electron chi connectivity index (χ2n) is 11.8.